The van der Waals surface area contributed by atoms with Crippen molar-refractivity contribution in [2.75, 3.05) is 18.0 Å². The maximum Gasteiger partial charge on any atom is 0.225 e. The van der Waals surface area contributed by atoms with Gasteiger partial charge in [0.2, 0.25) is 5.91 Å². The van der Waals surface area contributed by atoms with E-state index < -0.39 is 0 Å². The molecule has 1 N–H and O–H groups in total. The molecule has 2 atom stereocenters. The van der Waals surface area contributed by atoms with E-state index in [0.717, 1.165) is 41.8 Å². The molecule has 1 aliphatic heterocycles. The Kier molecular flexibility index (Phi) is 5.96. The number of nitrogens with one attached hydrogen (secondary N) is 1. The Morgan fingerprint density at radius 1 is 1.12 bits per heavy atom. The van der Waals surface area contributed by atoms with Crippen molar-refractivity contribution in [2.45, 2.75) is 32.7 Å². The van der Waals surface area contributed by atoms with Crippen LogP contribution in [0, 0.1) is 18.7 Å². The summed E-state index contributed by atoms with van der Waals surface area (Å²) in [4.78, 5) is 24.1. The van der Waals surface area contributed by atoms with Gasteiger partial charge in [-0.1, -0.05) is 29.8 Å². The molecule has 4 aromatic rings. The number of hydrogen-bond donors (Lipinski definition) is 1. The van der Waals surface area contributed by atoms with Crippen molar-refractivity contribution < 1.29 is 9.18 Å². The zero-order valence-corrected chi connectivity index (χ0v) is 19.3. The molecule has 1 fully saturated rings. The van der Waals surface area contributed by atoms with E-state index in [-0.39, 0.29) is 23.7 Å². The predicted octanol–water partition coefficient (Wildman–Crippen LogP) is 4.36. The van der Waals surface area contributed by atoms with Crippen molar-refractivity contribution in [3.05, 3.63) is 78.0 Å². The zero-order chi connectivity index (χ0) is 23.7. The van der Waals surface area contributed by atoms with Crippen LogP contribution in [0.4, 0.5) is 10.2 Å². The van der Waals surface area contributed by atoms with E-state index in [1.54, 1.807) is 12.1 Å². The second kappa shape index (κ2) is 9.21. The Bertz CT molecular complexity index is 1300. The lowest BCUT2D eigenvalue weighted by Crippen LogP contribution is -2.44. The first kappa shape index (κ1) is 22.0. The van der Waals surface area contributed by atoms with Gasteiger partial charge in [-0.25, -0.2) is 19.0 Å². The van der Waals surface area contributed by atoms with Gasteiger partial charge in [-0.3, -0.25) is 4.79 Å². The molecule has 7 nitrogen and oxygen atoms in total. The van der Waals surface area contributed by atoms with Crippen LogP contribution >= 0.6 is 0 Å². The summed E-state index contributed by atoms with van der Waals surface area (Å²) in [6.07, 6.45) is 5.19. The molecule has 5 rings (SSSR count). The maximum atomic E-state index is 13.2. The molecule has 0 bridgehead atoms. The molecule has 34 heavy (non-hydrogen) atoms. The largest absolute Gasteiger partial charge is 0.355 e. The smallest absolute Gasteiger partial charge is 0.225 e. The molecule has 0 spiro atoms. The number of benzene rings is 2. The molecule has 0 aliphatic carbocycles. The topological polar surface area (TPSA) is 75.9 Å². The standard InChI is InChI=1S/C26H27FN6O/c1-17-5-11-22(12-6-17)33-15-23-24(31-33)28-16-29-25(23)32-13-3-4-20(14-32)26(34)30-18(2)19-7-9-21(27)10-8-19/h5-12,15-16,18,20H,3-4,13-14H2,1-2H3,(H,30,34)/t18-,20+/m1/s1. The van der Waals surface area contributed by atoms with Gasteiger partial charge in [0.1, 0.15) is 18.0 Å². The molecule has 8 heteroatoms. The molecule has 1 saturated heterocycles. The third kappa shape index (κ3) is 4.48. The van der Waals surface area contributed by atoms with Crippen LogP contribution in [0.1, 0.15) is 36.9 Å². The Morgan fingerprint density at radius 2 is 1.88 bits per heavy atom. The Balaban J connectivity index is 1.34. The van der Waals surface area contributed by atoms with Gasteiger partial charge in [0, 0.05) is 19.3 Å². The summed E-state index contributed by atoms with van der Waals surface area (Å²) < 4.78 is 15.0. The molecule has 0 unspecified atom stereocenters. The minimum atomic E-state index is -0.285. The third-order valence-corrected chi connectivity index (χ3v) is 6.41. The van der Waals surface area contributed by atoms with E-state index in [9.17, 15) is 9.18 Å². The van der Waals surface area contributed by atoms with Crippen LogP contribution in [0.3, 0.4) is 0 Å². The van der Waals surface area contributed by atoms with Crippen LogP contribution in [-0.2, 0) is 4.79 Å². The van der Waals surface area contributed by atoms with Gasteiger partial charge >= 0.3 is 0 Å². The van der Waals surface area contributed by atoms with Crippen LogP contribution in [0.5, 0.6) is 0 Å². The normalized spacial score (nSPS) is 17.0. The maximum absolute atomic E-state index is 13.2. The summed E-state index contributed by atoms with van der Waals surface area (Å²) in [6.45, 7) is 5.36. The molecule has 0 saturated carbocycles. The number of aromatic nitrogens is 4. The van der Waals surface area contributed by atoms with Crippen molar-refractivity contribution in [1.82, 2.24) is 25.1 Å². The number of anilines is 1. The molecule has 2 aromatic heterocycles. The van der Waals surface area contributed by atoms with E-state index in [2.05, 4.69) is 44.3 Å². The monoisotopic (exact) mass is 458 g/mol. The highest BCUT2D eigenvalue weighted by Gasteiger charge is 2.29. The van der Waals surface area contributed by atoms with Gasteiger partial charge in [-0.2, -0.15) is 0 Å². The van der Waals surface area contributed by atoms with Gasteiger partial charge < -0.3 is 10.2 Å². The lowest BCUT2D eigenvalue weighted by Gasteiger charge is -2.33. The van der Waals surface area contributed by atoms with Gasteiger partial charge in [0.15, 0.2) is 5.65 Å². The number of amides is 1. The summed E-state index contributed by atoms with van der Waals surface area (Å²) in [5.74, 6) is 0.357. The van der Waals surface area contributed by atoms with E-state index in [1.165, 1.54) is 24.0 Å². The number of hydrogen-bond acceptors (Lipinski definition) is 5. The predicted molar refractivity (Wildman–Crippen MR) is 129 cm³/mol. The Labute approximate surface area is 197 Å². The molecule has 1 amide bonds. The Morgan fingerprint density at radius 3 is 2.65 bits per heavy atom. The lowest BCUT2D eigenvalue weighted by molar-refractivity contribution is -0.125. The summed E-state index contributed by atoms with van der Waals surface area (Å²) in [5.41, 5.74) is 3.65. The number of carbonyl (C=O) groups is 1. The van der Waals surface area contributed by atoms with Crippen LogP contribution in [0.25, 0.3) is 16.7 Å². The minimum absolute atomic E-state index is 0.00201. The number of nitrogens with zero attached hydrogens (tertiary/aromatic N) is 5. The van der Waals surface area contributed by atoms with Crippen molar-refractivity contribution in [3.63, 3.8) is 0 Å². The van der Waals surface area contributed by atoms with E-state index >= 15 is 0 Å². The summed E-state index contributed by atoms with van der Waals surface area (Å²) >= 11 is 0. The first-order valence-electron chi connectivity index (χ1n) is 11.6. The van der Waals surface area contributed by atoms with Crippen molar-refractivity contribution in [2.24, 2.45) is 5.92 Å². The average molecular weight is 459 g/mol. The van der Waals surface area contributed by atoms with E-state index in [4.69, 9.17) is 0 Å². The van der Waals surface area contributed by atoms with E-state index in [1.807, 2.05) is 29.9 Å². The molecule has 1 aliphatic rings. The number of aryl methyl sites for hydroxylation is 1. The van der Waals surface area contributed by atoms with Crippen molar-refractivity contribution >= 4 is 22.8 Å². The highest BCUT2D eigenvalue weighted by molar-refractivity contribution is 5.87. The summed E-state index contributed by atoms with van der Waals surface area (Å²) in [7, 11) is 0. The minimum Gasteiger partial charge on any atom is -0.355 e. The fourth-order valence-corrected chi connectivity index (χ4v) is 4.46. The van der Waals surface area contributed by atoms with Crippen molar-refractivity contribution in [1.29, 1.82) is 0 Å². The van der Waals surface area contributed by atoms with Crippen LogP contribution in [0.2, 0.25) is 0 Å². The van der Waals surface area contributed by atoms with E-state index in [0.29, 0.717) is 12.2 Å². The lowest BCUT2D eigenvalue weighted by atomic mass is 9.96. The van der Waals surface area contributed by atoms with Gasteiger partial charge in [-0.15, -0.1) is 5.10 Å². The molecular weight excluding hydrogens is 431 g/mol. The Hall–Kier alpha value is -3.81. The highest BCUT2D eigenvalue weighted by atomic mass is 19.1. The fraction of sp³-hybridized carbons (Fsp3) is 0.308. The molecule has 174 valence electrons. The third-order valence-electron chi connectivity index (χ3n) is 6.41. The quantitative estimate of drug-likeness (QED) is 0.481. The number of carbonyl (C=O) groups excluding carboxylic acids is 1. The number of fused-ring (bicyclic) bond motifs is 1. The van der Waals surface area contributed by atoms with Crippen molar-refractivity contribution in [3.8, 4) is 5.69 Å². The SMILES string of the molecule is Cc1ccc(-n2cc3c(N4CCC[C@H](C(=O)N[C@H](C)c5ccc(F)cc5)C4)ncnc3n2)cc1. The molecule has 2 aromatic carbocycles. The summed E-state index contributed by atoms with van der Waals surface area (Å²) in [5, 5.41) is 8.59. The number of piperidine rings is 1. The molecular formula is C26H27FN6O. The second-order valence-corrected chi connectivity index (χ2v) is 8.91. The highest BCUT2D eigenvalue weighted by Crippen LogP contribution is 2.28. The average Bonchev–Trinajstić information content (AvgIpc) is 3.29. The first-order valence-corrected chi connectivity index (χ1v) is 11.6. The first-order chi connectivity index (χ1) is 16.5. The zero-order valence-electron chi connectivity index (χ0n) is 19.3. The molecule has 3 heterocycles. The van der Waals surface area contributed by atoms with Crippen LogP contribution < -0.4 is 10.2 Å². The fourth-order valence-electron chi connectivity index (χ4n) is 4.46. The van der Waals surface area contributed by atoms with Gasteiger partial charge in [0.05, 0.1) is 23.0 Å². The number of halogens is 1. The second-order valence-electron chi connectivity index (χ2n) is 8.91. The molecule has 0 radical (unpaired) electrons. The van der Waals surface area contributed by atoms with Crippen LogP contribution in [-0.4, -0.2) is 38.7 Å². The van der Waals surface area contributed by atoms with Gasteiger partial charge in [0.25, 0.3) is 0 Å². The summed E-state index contributed by atoms with van der Waals surface area (Å²) in [6, 6.07) is 14.2. The van der Waals surface area contributed by atoms with Gasteiger partial charge in [-0.05, 0) is 56.5 Å². The van der Waals surface area contributed by atoms with Crippen LogP contribution in [0.15, 0.2) is 61.1 Å². The number of rotatable bonds is 5.